The van der Waals surface area contributed by atoms with Gasteiger partial charge in [-0.05, 0) is 64.2 Å². The third-order valence-corrected chi connectivity index (χ3v) is 11.5. The Labute approximate surface area is 359 Å². The first-order chi connectivity index (χ1) is 28.0. The molecule has 0 heterocycles. The van der Waals surface area contributed by atoms with Crippen LogP contribution in [0.3, 0.4) is 0 Å². The predicted molar refractivity (Wildman–Crippen MR) is 249 cm³/mol. The third kappa shape index (κ3) is 42.6. The van der Waals surface area contributed by atoms with Gasteiger partial charge in [-0.3, -0.25) is 13.8 Å². The summed E-state index contributed by atoms with van der Waals surface area (Å²) < 4.78 is 23.6. The maximum atomic E-state index is 12.9. The first kappa shape index (κ1) is 56.5. The van der Waals surface area contributed by atoms with E-state index in [-0.39, 0.29) is 19.1 Å². The van der Waals surface area contributed by atoms with E-state index >= 15 is 0 Å². The van der Waals surface area contributed by atoms with Crippen molar-refractivity contribution in [3.05, 3.63) is 48.6 Å². The number of nitrogens with zero attached hydrogens (tertiary/aromatic N) is 1. The normalized spacial score (nSPS) is 14.7. The van der Waals surface area contributed by atoms with Gasteiger partial charge < -0.3 is 19.8 Å². The van der Waals surface area contributed by atoms with Crippen molar-refractivity contribution in [2.45, 2.75) is 219 Å². The van der Waals surface area contributed by atoms with Gasteiger partial charge in [-0.1, -0.05) is 184 Å². The number of rotatable bonds is 43. The van der Waals surface area contributed by atoms with Gasteiger partial charge in [0.15, 0.2) is 0 Å². The van der Waals surface area contributed by atoms with Gasteiger partial charge in [0.2, 0.25) is 5.91 Å². The number of unbranched alkanes of at least 4 members (excludes halogenated alkanes) is 24. The molecule has 9 heteroatoms. The molecule has 0 bridgehead atoms. The fraction of sp³-hybridized carbons (Fsp3) is 0.816. The average molecular weight is 838 g/mol. The van der Waals surface area contributed by atoms with Crippen LogP contribution in [-0.4, -0.2) is 73.4 Å². The van der Waals surface area contributed by atoms with Crippen molar-refractivity contribution < 1.29 is 32.9 Å². The summed E-state index contributed by atoms with van der Waals surface area (Å²) >= 11 is 0. The number of hydrogen-bond acceptors (Lipinski definition) is 5. The number of phosphoric acid groups is 1. The largest absolute Gasteiger partial charge is 0.472 e. The van der Waals surface area contributed by atoms with Gasteiger partial charge in [-0.2, -0.15) is 0 Å². The lowest BCUT2D eigenvalue weighted by Crippen LogP contribution is -2.45. The number of carbonyl (C=O) groups excluding carboxylic acids is 1. The lowest BCUT2D eigenvalue weighted by atomic mass is 10.1. The molecule has 0 aliphatic carbocycles. The van der Waals surface area contributed by atoms with Crippen LogP contribution in [0.15, 0.2) is 48.6 Å². The van der Waals surface area contributed by atoms with E-state index in [1.54, 1.807) is 6.08 Å². The van der Waals surface area contributed by atoms with Crippen molar-refractivity contribution in [3.63, 3.8) is 0 Å². The molecule has 0 radical (unpaired) electrons. The average Bonchev–Trinajstić information content (AvgIpc) is 3.17. The van der Waals surface area contributed by atoms with Gasteiger partial charge >= 0.3 is 7.82 Å². The number of likely N-dealkylation sites (N-methyl/N-ethyl adjacent to an activating group) is 1. The molecule has 0 saturated heterocycles. The fourth-order valence-corrected chi connectivity index (χ4v) is 7.41. The number of nitrogens with one attached hydrogen (secondary N) is 1. The summed E-state index contributed by atoms with van der Waals surface area (Å²) in [6.07, 6.45) is 51.8. The van der Waals surface area contributed by atoms with E-state index in [9.17, 15) is 19.4 Å². The topological polar surface area (TPSA) is 105 Å². The molecule has 0 fully saturated rings. The molecule has 0 saturated carbocycles. The highest BCUT2D eigenvalue weighted by atomic mass is 31.2. The van der Waals surface area contributed by atoms with Crippen LogP contribution in [0.25, 0.3) is 0 Å². The number of allylic oxidation sites excluding steroid dienone is 7. The molecule has 8 nitrogen and oxygen atoms in total. The number of amides is 1. The molecule has 0 aromatic rings. The van der Waals surface area contributed by atoms with Gasteiger partial charge in [0.05, 0.1) is 39.9 Å². The quantitative estimate of drug-likeness (QED) is 0.0244. The first-order valence-corrected chi connectivity index (χ1v) is 25.5. The van der Waals surface area contributed by atoms with Gasteiger partial charge in [0.1, 0.15) is 13.2 Å². The predicted octanol–water partition coefficient (Wildman–Crippen LogP) is 13.6. The summed E-state index contributed by atoms with van der Waals surface area (Å²) in [4.78, 5) is 23.2. The highest BCUT2D eigenvalue weighted by Crippen LogP contribution is 2.43. The minimum absolute atomic E-state index is 0.0542. The monoisotopic (exact) mass is 838 g/mol. The Balaban J connectivity index is 4.39. The van der Waals surface area contributed by atoms with Crippen LogP contribution in [0, 0.1) is 0 Å². The second-order valence-electron chi connectivity index (χ2n) is 17.5. The summed E-state index contributed by atoms with van der Waals surface area (Å²) in [6.45, 7) is 4.77. The second kappa shape index (κ2) is 40.8. The number of phosphoric ester groups is 1. The standard InChI is InChI=1S/C49H93N2O6P/c1-6-8-10-12-14-16-18-20-22-23-24-25-26-27-29-31-33-35-37-39-41-43-49(53)50-47(46-57-58(54,55)56-45-44-51(3,4)5)48(52)42-40-38-36-34-32-30-28-21-19-17-15-13-11-9-7-2/h18,20,23-24,32,34,40,42,47-48,52H,6-17,19,21-22,25-31,33,35-39,41,43-46H2,1-5H3,(H-,50,53,54,55)/p+1/b20-18-,24-23-,34-32+,42-40+. The summed E-state index contributed by atoms with van der Waals surface area (Å²) in [5, 5.41) is 13.8. The molecule has 3 atom stereocenters. The second-order valence-corrected chi connectivity index (χ2v) is 18.9. The SMILES string of the molecule is CCCCCCC/C=C\C/C=C\CCCCCCCCCCCC(=O)NC(COP(=O)(O)OCC[N+](C)(C)C)C(O)/C=C/CC/C=C/CCCCCCCCCCC. The van der Waals surface area contributed by atoms with E-state index in [2.05, 4.69) is 55.6 Å². The van der Waals surface area contributed by atoms with E-state index in [4.69, 9.17) is 9.05 Å². The molecule has 58 heavy (non-hydrogen) atoms. The Morgan fingerprint density at radius 3 is 1.48 bits per heavy atom. The molecule has 0 aliphatic rings. The van der Waals surface area contributed by atoms with Gasteiger partial charge in [-0.25, -0.2) is 4.57 Å². The van der Waals surface area contributed by atoms with Crippen LogP contribution >= 0.6 is 7.82 Å². The van der Waals surface area contributed by atoms with Crippen molar-refractivity contribution in [2.24, 2.45) is 0 Å². The molecule has 0 aliphatic heterocycles. The Bertz CT molecular complexity index is 1090. The van der Waals surface area contributed by atoms with E-state index in [1.165, 1.54) is 141 Å². The minimum atomic E-state index is -4.35. The first-order valence-electron chi connectivity index (χ1n) is 24.0. The van der Waals surface area contributed by atoms with E-state index in [0.717, 1.165) is 44.9 Å². The third-order valence-electron chi connectivity index (χ3n) is 10.5. The minimum Gasteiger partial charge on any atom is -0.387 e. The summed E-state index contributed by atoms with van der Waals surface area (Å²) in [5.74, 6) is -0.193. The van der Waals surface area contributed by atoms with E-state index in [1.807, 2.05) is 27.2 Å². The zero-order valence-corrected chi connectivity index (χ0v) is 39.4. The number of carbonyl (C=O) groups is 1. The van der Waals surface area contributed by atoms with Crippen molar-refractivity contribution >= 4 is 13.7 Å². The fourth-order valence-electron chi connectivity index (χ4n) is 6.67. The Hall–Kier alpha value is -1.54. The molecule has 0 aromatic carbocycles. The van der Waals surface area contributed by atoms with E-state index in [0.29, 0.717) is 17.4 Å². The highest BCUT2D eigenvalue weighted by molar-refractivity contribution is 7.47. The molecule has 0 rings (SSSR count). The maximum Gasteiger partial charge on any atom is 0.472 e. The number of aliphatic hydroxyl groups excluding tert-OH is 1. The lowest BCUT2D eigenvalue weighted by molar-refractivity contribution is -0.870. The number of hydrogen-bond donors (Lipinski definition) is 3. The van der Waals surface area contributed by atoms with Crippen LogP contribution in [0.1, 0.15) is 206 Å². The maximum absolute atomic E-state index is 12.9. The highest BCUT2D eigenvalue weighted by Gasteiger charge is 2.27. The summed E-state index contributed by atoms with van der Waals surface area (Å²) in [6, 6.07) is -0.865. The smallest absolute Gasteiger partial charge is 0.387 e. The van der Waals surface area contributed by atoms with Crippen LogP contribution < -0.4 is 5.32 Å². The molecule has 0 aromatic heterocycles. The van der Waals surface area contributed by atoms with Gasteiger partial charge in [0, 0.05) is 6.42 Å². The van der Waals surface area contributed by atoms with Crippen LogP contribution in [0.4, 0.5) is 0 Å². The number of quaternary nitrogens is 1. The molecule has 1 amide bonds. The van der Waals surface area contributed by atoms with Crippen molar-refractivity contribution in [2.75, 3.05) is 40.9 Å². The van der Waals surface area contributed by atoms with E-state index < -0.39 is 20.0 Å². The van der Waals surface area contributed by atoms with Crippen molar-refractivity contribution in [1.29, 1.82) is 0 Å². The van der Waals surface area contributed by atoms with Crippen molar-refractivity contribution in [1.82, 2.24) is 5.32 Å². The molecular formula is C49H94N2O6P+. The van der Waals surface area contributed by atoms with Gasteiger partial charge in [-0.15, -0.1) is 0 Å². The zero-order chi connectivity index (χ0) is 42.8. The van der Waals surface area contributed by atoms with Crippen LogP contribution in [-0.2, 0) is 18.4 Å². The van der Waals surface area contributed by atoms with Crippen LogP contribution in [0.5, 0.6) is 0 Å². The van der Waals surface area contributed by atoms with Crippen LogP contribution in [0.2, 0.25) is 0 Å². The molecule has 0 spiro atoms. The lowest BCUT2D eigenvalue weighted by Gasteiger charge is -2.25. The number of aliphatic hydroxyl groups is 1. The molecular weight excluding hydrogens is 744 g/mol. The Morgan fingerprint density at radius 1 is 0.586 bits per heavy atom. The molecule has 340 valence electrons. The Kier molecular flexibility index (Phi) is 39.8. The molecule has 3 unspecified atom stereocenters. The summed E-state index contributed by atoms with van der Waals surface area (Å²) in [7, 11) is 1.55. The zero-order valence-electron chi connectivity index (χ0n) is 38.5. The Morgan fingerprint density at radius 2 is 1.00 bits per heavy atom. The summed E-state index contributed by atoms with van der Waals surface area (Å²) in [5.41, 5.74) is 0. The van der Waals surface area contributed by atoms with Crippen molar-refractivity contribution in [3.8, 4) is 0 Å². The molecule has 3 N–H and O–H groups in total. The van der Waals surface area contributed by atoms with Gasteiger partial charge in [0.25, 0.3) is 0 Å².